The van der Waals surface area contributed by atoms with Gasteiger partial charge in [-0.25, -0.2) is 18.6 Å². The van der Waals surface area contributed by atoms with E-state index in [1.54, 1.807) is 0 Å². The summed E-state index contributed by atoms with van der Waals surface area (Å²) in [5.74, 6) is 0. The lowest BCUT2D eigenvalue weighted by atomic mass is 9.93. The molecule has 0 spiro atoms. The molecule has 0 aliphatic carbocycles. The lowest BCUT2D eigenvalue weighted by Gasteiger charge is -2.33. The van der Waals surface area contributed by atoms with E-state index < -0.39 is 10.2 Å². The molecule has 1 unspecified atom stereocenters. The van der Waals surface area contributed by atoms with E-state index in [1.165, 1.54) is 45.2 Å². The molecule has 0 saturated carbocycles. The van der Waals surface area contributed by atoms with Crippen molar-refractivity contribution in [3.8, 4) is 0 Å². The molecule has 6 heteroatoms. The standard InChI is InChI=1S/C9H16N.ClHO4/c1-3-7-10-8-4-2-6-9(10)5-1;2-1(3,4)5/h5,9H,1-4,6-8H2;(H,2,3,4,5)/q+1;/p-1. The summed E-state index contributed by atoms with van der Waals surface area (Å²) in [6.45, 7) is 2.72. The van der Waals surface area contributed by atoms with Crippen LogP contribution in [0, 0.1) is 16.7 Å². The number of piperidine rings is 2. The Kier molecular flexibility index (Phi) is 5.11. The molecule has 2 fully saturated rings. The summed E-state index contributed by atoms with van der Waals surface area (Å²) in [5.41, 5.74) is 0. The minimum Gasteiger partial charge on any atom is -0.263 e. The summed E-state index contributed by atoms with van der Waals surface area (Å²) in [4.78, 5) is 2.65. The molecule has 2 saturated heterocycles. The average molecular weight is 238 g/mol. The van der Waals surface area contributed by atoms with E-state index in [2.05, 4.69) is 11.3 Å². The second-order valence-corrected chi connectivity index (χ2v) is 4.61. The third-order valence-electron chi connectivity index (χ3n) is 2.75. The molecule has 0 aromatic carbocycles. The number of fused-ring (bicyclic) bond motifs is 1. The third kappa shape index (κ3) is 6.19. The van der Waals surface area contributed by atoms with Gasteiger partial charge in [-0.2, -0.15) is 0 Å². The normalized spacial score (nSPS) is 27.1. The van der Waals surface area contributed by atoms with Gasteiger partial charge in [-0.1, -0.05) is 0 Å². The molecule has 2 aliphatic rings. The molecule has 0 bridgehead atoms. The lowest BCUT2D eigenvalue weighted by molar-refractivity contribution is -2.00. The molecule has 0 N–H and O–H groups in total. The summed E-state index contributed by atoms with van der Waals surface area (Å²) >= 11 is 0. The first kappa shape index (κ1) is 13.0. The van der Waals surface area contributed by atoms with Crippen LogP contribution in [-0.4, -0.2) is 24.0 Å². The summed E-state index contributed by atoms with van der Waals surface area (Å²) in [6, 6.07) is 0.863. The zero-order valence-corrected chi connectivity index (χ0v) is 9.32. The van der Waals surface area contributed by atoms with Crippen LogP contribution in [0.15, 0.2) is 0 Å². The fourth-order valence-electron chi connectivity index (χ4n) is 2.17. The van der Waals surface area contributed by atoms with Gasteiger partial charge in [0, 0.05) is 25.9 Å². The van der Waals surface area contributed by atoms with Crippen LogP contribution in [0.4, 0.5) is 0 Å². The molecule has 0 amide bonds. The molecular weight excluding hydrogens is 222 g/mol. The first-order valence-corrected chi connectivity index (χ1v) is 6.39. The van der Waals surface area contributed by atoms with Gasteiger partial charge in [0.15, 0.2) is 6.04 Å². The van der Waals surface area contributed by atoms with E-state index in [0.717, 1.165) is 6.04 Å². The average Bonchev–Trinajstić information content (AvgIpc) is 2.16. The molecule has 2 rings (SSSR count). The Balaban J connectivity index is 0.000000195. The van der Waals surface area contributed by atoms with Gasteiger partial charge in [-0.05, 0) is 12.8 Å². The van der Waals surface area contributed by atoms with Crippen LogP contribution >= 0.6 is 0 Å². The van der Waals surface area contributed by atoms with E-state index in [0.29, 0.717) is 0 Å². The number of rotatable bonds is 0. The topological polar surface area (TPSA) is 95.5 Å². The van der Waals surface area contributed by atoms with Crippen molar-refractivity contribution in [1.82, 2.24) is 4.90 Å². The maximum atomic E-state index is 8.49. The fourth-order valence-corrected chi connectivity index (χ4v) is 2.17. The highest BCUT2D eigenvalue weighted by Crippen LogP contribution is 2.24. The van der Waals surface area contributed by atoms with Crippen LogP contribution in [-0.2, 0) is 0 Å². The second kappa shape index (κ2) is 5.89. The molecule has 0 radical (unpaired) electrons. The Labute approximate surface area is 92.1 Å². The highest BCUT2D eigenvalue weighted by Gasteiger charge is 2.31. The van der Waals surface area contributed by atoms with E-state index in [4.69, 9.17) is 18.6 Å². The van der Waals surface area contributed by atoms with Crippen molar-refractivity contribution >= 4 is 0 Å². The smallest absolute Gasteiger partial charge is 0.151 e. The minimum atomic E-state index is -4.94. The van der Waals surface area contributed by atoms with E-state index >= 15 is 0 Å². The molecule has 15 heavy (non-hydrogen) atoms. The van der Waals surface area contributed by atoms with Crippen molar-refractivity contribution in [2.45, 2.75) is 38.1 Å². The maximum absolute atomic E-state index is 8.49. The Hall–Kier alpha value is -0.0400. The zero-order valence-electron chi connectivity index (χ0n) is 8.56. The predicted molar refractivity (Wildman–Crippen MR) is 42.7 cm³/mol. The third-order valence-corrected chi connectivity index (χ3v) is 2.75. The van der Waals surface area contributed by atoms with Crippen LogP contribution in [0.3, 0.4) is 0 Å². The highest BCUT2D eigenvalue weighted by molar-refractivity contribution is 4.91. The molecule has 5 nitrogen and oxygen atoms in total. The van der Waals surface area contributed by atoms with Crippen molar-refractivity contribution in [2.24, 2.45) is 0 Å². The van der Waals surface area contributed by atoms with Crippen LogP contribution in [0.5, 0.6) is 0 Å². The molecule has 88 valence electrons. The van der Waals surface area contributed by atoms with Gasteiger partial charge < -0.3 is 0 Å². The lowest BCUT2D eigenvalue weighted by Crippen LogP contribution is -2.68. The van der Waals surface area contributed by atoms with Crippen molar-refractivity contribution in [3.05, 3.63) is 6.42 Å². The summed E-state index contributed by atoms with van der Waals surface area (Å²) in [7, 11) is -4.94. The van der Waals surface area contributed by atoms with Gasteiger partial charge in [-0.3, -0.25) is 4.90 Å². The van der Waals surface area contributed by atoms with Crippen LogP contribution in [0.25, 0.3) is 0 Å². The number of hydrogen-bond donors (Lipinski definition) is 0. The summed E-state index contributed by atoms with van der Waals surface area (Å²) < 4.78 is 34.0. The van der Waals surface area contributed by atoms with Gasteiger partial charge in [-0.15, -0.1) is 10.2 Å². The Bertz CT molecular complexity index is 153. The van der Waals surface area contributed by atoms with Gasteiger partial charge in [0.1, 0.15) is 0 Å². The maximum Gasteiger partial charge on any atom is 0.151 e. The Morgan fingerprint density at radius 2 is 1.60 bits per heavy atom. The molecular formula is C9H16ClNO4. The molecule has 1 atom stereocenters. The van der Waals surface area contributed by atoms with Gasteiger partial charge in [0.2, 0.25) is 0 Å². The molecule has 0 aromatic heterocycles. The molecule has 0 aromatic rings. The van der Waals surface area contributed by atoms with E-state index in [9.17, 15) is 0 Å². The summed E-state index contributed by atoms with van der Waals surface area (Å²) in [6.07, 6.45) is 9.60. The van der Waals surface area contributed by atoms with E-state index in [-0.39, 0.29) is 0 Å². The van der Waals surface area contributed by atoms with Gasteiger partial charge >= 0.3 is 0 Å². The van der Waals surface area contributed by atoms with Crippen LogP contribution in [0.2, 0.25) is 0 Å². The molecule has 2 heterocycles. The predicted octanol–water partition coefficient (Wildman–Crippen LogP) is -2.92. The molecule has 2 aliphatic heterocycles. The highest BCUT2D eigenvalue weighted by atomic mass is 35.7. The van der Waals surface area contributed by atoms with Gasteiger partial charge in [0.05, 0.1) is 12.8 Å². The van der Waals surface area contributed by atoms with Crippen molar-refractivity contribution in [3.63, 3.8) is 0 Å². The SMILES string of the molecule is [CH+]1CCCN2CCCCC12.[O-][Cl+3]([O-])([O-])[O-]. The number of nitrogens with zero attached hydrogens (tertiary/aromatic N) is 1. The monoisotopic (exact) mass is 237 g/mol. The first-order valence-electron chi connectivity index (χ1n) is 5.16. The first-order chi connectivity index (χ1) is 6.97. The number of halogens is 1. The van der Waals surface area contributed by atoms with Crippen LogP contribution in [0.1, 0.15) is 32.1 Å². The largest absolute Gasteiger partial charge is 0.263 e. The summed E-state index contributed by atoms with van der Waals surface area (Å²) in [5, 5.41) is 0. The zero-order chi connectivity index (χ0) is 11.3. The van der Waals surface area contributed by atoms with Crippen LogP contribution < -0.4 is 18.6 Å². The quantitative estimate of drug-likeness (QED) is 0.421. The van der Waals surface area contributed by atoms with Gasteiger partial charge in [0.25, 0.3) is 0 Å². The second-order valence-electron chi connectivity index (χ2n) is 3.85. The van der Waals surface area contributed by atoms with Crippen molar-refractivity contribution in [1.29, 1.82) is 0 Å². The Morgan fingerprint density at radius 3 is 2.20 bits per heavy atom. The minimum absolute atomic E-state index is 0.863. The van der Waals surface area contributed by atoms with Crippen molar-refractivity contribution < 1.29 is 28.9 Å². The Morgan fingerprint density at radius 1 is 1.00 bits per heavy atom. The fraction of sp³-hybridized carbons (Fsp3) is 0.889. The van der Waals surface area contributed by atoms with E-state index in [1.807, 2.05) is 0 Å². The van der Waals surface area contributed by atoms with Crippen molar-refractivity contribution in [2.75, 3.05) is 13.1 Å². The number of hydrogen-bond acceptors (Lipinski definition) is 5.